The molecule has 21 heavy (non-hydrogen) atoms. The second kappa shape index (κ2) is 6.24. The molecule has 1 aliphatic carbocycles. The number of carbonyl (C=O) groups is 2. The average Bonchev–Trinajstić information content (AvgIpc) is 2.81. The topological polar surface area (TPSA) is 67.4 Å². The van der Waals surface area contributed by atoms with Gasteiger partial charge in [-0.1, -0.05) is 27.7 Å². The van der Waals surface area contributed by atoms with E-state index in [-0.39, 0.29) is 17.4 Å². The van der Waals surface area contributed by atoms with E-state index in [0.29, 0.717) is 12.3 Å². The molecule has 2 N–H and O–H groups in total. The van der Waals surface area contributed by atoms with Crippen LogP contribution in [0.3, 0.4) is 0 Å². The Balaban J connectivity index is 2.58. The molecule has 0 aromatic heterocycles. The van der Waals surface area contributed by atoms with Crippen LogP contribution in [-0.4, -0.2) is 29.7 Å². The average molecular weight is 298 g/mol. The van der Waals surface area contributed by atoms with Gasteiger partial charge < -0.3 is 15.4 Å². The van der Waals surface area contributed by atoms with Crippen molar-refractivity contribution in [2.75, 3.05) is 0 Å². The fraction of sp³-hybridized carbons (Fsp3) is 0.875. The van der Waals surface area contributed by atoms with Crippen molar-refractivity contribution in [1.29, 1.82) is 0 Å². The number of alkyl carbamates (subject to hydrolysis) is 1. The fourth-order valence-electron chi connectivity index (χ4n) is 2.14. The number of ether oxygens (including phenoxy) is 1. The van der Waals surface area contributed by atoms with Crippen LogP contribution in [0.4, 0.5) is 4.79 Å². The van der Waals surface area contributed by atoms with Crippen LogP contribution in [0.15, 0.2) is 0 Å². The standard InChI is InChI=1S/C16H30N2O3/c1-10(2)8-11(17-14(20)21-15(3,4)5)13(19)18-12-9-16(12,6)7/h10-12H,8-9H2,1-7H3,(H,17,20)(H,18,19). The van der Waals surface area contributed by atoms with Crippen molar-refractivity contribution in [2.45, 2.75) is 79.0 Å². The Kier molecular flexibility index (Phi) is 5.29. The Labute approximate surface area is 128 Å². The molecule has 1 aliphatic rings. The normalized spacial score (nSPS) is 21.6. The molecular formula is C16H30N2O3. The third-order valence-corrected chi connectivity index (χ3v) is 3.54. The van der Waals surface area contributed by atoms with E-state index in [0.717, 1.165) is 6.42 Å². The Morgan fingerprint density at radius 2 is 1.81 bits per heavy atom. The van der Waals surface area contributed by atoms with Crippen LogP contribution >= 0.6 is 0 Å². The summed E-state index contributed by atoms with van der Waals surface area (Å²) in [6.07, 6.45) is 1.04. The minimum absolute atomic E-state index is 0.120. The monoisotopic (exact) mass is 298 g/mol. The Morgan fingerprint density at radius 3 is 2.19 bits per heavy atom. The SMILES string of the molecule is CC(C)CC(NC(=O)OC(C)(C)C)C(=O)NC1CC1(C)C. The van der Waals surface area contributed by atoms with E-state index < -0.39 is 17.7 Å². The van der Waals surface area contributed by atoms with E-state index >= 15 is 0 Å². The van der Waals surface area contributed by atoms with Gasteiger partial charge in [-0.3, -0.25) is 4.79 Å². The van der Waals surface area contributed by atoms with Crippen molar-refractivity contribution in [1.82, 2.24) is 10.6 Å². The van der Waals surface area contributed by atoms with Crippen LogP contribution in [-0.2, 0) is 9.53 Å². The maximum atomic E-state index is 12.3. The van der Waals surface area contributed by atoms with E-state index in [1.165, 1.54) is 0 Å². The molecule has 0 aliphatic heterocycles. The number of rotatable bonds is 5. The van der Waals surface area contributed by atoms with Gasteiger partial charge in [0.15, 0.2) is 0 Å². The van der Waals surface area contributed by atoms with E-state index in [9.17, 15) is 9.59 Å². The van der Waals surface area contributed by atoms with Gasteiger partial charge in [-0.25, -0.2) is 4.79 Å². The van der Waals surface area contributed by atoms with Crippen molar-refractivity contribution < 1.29 is 14.3 Å². The van der Waals surface area contributed by atoms with Gasteiger partial charge in [0.2, 0.25) is 5.91 Å². The summed E-state index contributed by atoms with van der Waals surface area (Å²) in [7, 11) is 0. The van der Waals surface area contributed by atoms with Crippen molar-refractivity contribution in [3.63, 3.8) is 0 Å². The molecule has 0 heterocycles. The zero-order valence-corrected chi connectivity index (χ0v) is 14.4. The zero-order valence-electron chi connectivity index (χ0n) is 14.4. The first-order chi connectivity index (χ1) is 9.40. The highest BCUT2D eigenvalue weighted by molar-refractivity contribution is 5.86. The molecule has 0 spiro atoms. The summed E-state index contributed by atoms with van der Waals surface area (Å²) in [4.78, 5) is 24.2. The van der Waals surface area contributed by atoms with Crippen molar-refractivity contribution in [2.24, 2.45) is 11.3 Å². The number of carbonyl (C=O) groups excluding carboxylic acids is 2. The molecule has 5 nitrogen and oxygen atoms in total. The van der Waals surface area contributed by atoms with E-state index in [1.54, 1.807) is 20.8 Å². The summed E-state index contributed by atoms with van der Waals surface area (Å²) in [6, 6.07) is -0.337. The quantitative estimate of drug-likeness (QED) is 0.820. The number of nitrogens with one attached hydrogen (secondary N) is 2. The summed E-state index contributed by atoms with van der Waals surface area (Å²) in [5.74, 6) is 0.188. The molecule has 0 aromatic carbocycles. The fourth-order valence-corrected chi connectivity index (χ4v) is 2.14. The molecule has 1 rings (SSSR count). The second-order valence-corrected chi connectivity index (χ2v) is 8.08. The third-order valence-electron chi connectivity index (χ3n) is 3.54. The van der Waals surface area contributed by atoms with Gasteiger partial charge in [-0.15, -0.1) is 0 Å². The number of amides is 2. The van der Waals surface area contributed by atoms with Crippen molar-refractivity contribution in [3.8, 4) is 0 Å². The van der Waals surface area contributed by atoms with E-state index in [1.807, 2.05) is 13.8 Å². The van der Waals surface area contributed by atoms with Crippen LogP contribution in [0.2, 0.25) is 0 Å². The van der Waals surface area contributed by atoms with Crippen LogP contribution in [0.5, 0.6) is 0 Å². The molecule has 1 saturated carbocycles. The predicted octanol–water partition coefficient (Wildman–Crippen LogP) is 2.84. The van der Waals surface area contributed by atoms with Gasteiger partial charge in [0.1, 0.15) is 11.6 Å². The number of hydrogen-bond donors (Lipinski definition) is 2. The molecule has 5 heteroatoms. The number of hydrogen-bond acceptors (Lipinski definition) is 3. The molecule has 0 radical (unpaired) electrons. The van der Waals surface area contributed by atoms with Gasteiger partial charge in [-0.05, 0) is 44.9 Å². The largest absolute Gasteiger partial charge is 0.444 e. The molecule has 122 valence electrons. The predicted molar refractivity (Wildman–Crippen MR) is 82.9 cm³/mol. The van der Waals surface area contributed by atoms with Crippen LogP contribution in [0, 0.1) is 11.3 Å². The molecular weight excluding hydrogens is 268 g/mol. The first-order valence-corrected chi connectivity index (χ1v) is 7.70. The van der Waals surface area contributed by atoms with Gasteiger partial charge in [0.25, 0.3) is 0 Å². The Morgan fingerprint density at radius 1 is 1.29 bits per heavy atom. The van der Waals surface area contributed by atoms with E-state index in [2.05, 4.69) is 24.5 Å². The lowest BCUT2D eigenvalue weighted by molar-refractivity contribution is -0.123. The lowest BCUT2D eigenvalue weighted by Crippen LogP contribution is -2.49. The minimum atomic E-state index is -0.568. The van der Waals surface area contributed by atoms with Crippen LogP contribution in [0.25, 0.3) is 0 Å². The zero-order chi connectivity index (χ0) is 16.4. The molecule has 2 atom stereocenters. The third kappa shape index (κ3) is 6.36. The van der Waals surface area contributed by atoms with Crippen LogP contribution < -0.4 is 10.6 Å². The summed E-state index contributed by atoms with van der Waals surface area (Å²) >= 11 is 0. The van der Waals surface area contributed by atoms with Crippen LogP contribution in [0.1, 0.15) is 61.3 Å². The molecule has 0 bridgehead atoms. The minimum Gasteiger partial charge on any atom is -0.444 e. The lowest BCUT2D eigenvalue weighted by atomic mass is 10.0. The molecule has 1 fully saturated rings. The van der Waals surface area contributed by atoms with Gasteiger partial charge in [-0.2, -0.15) is 0 Å². The van der Waals surface area contributed by atoms with E-state index in [4.69, 9.17) is 4.74 Å². The Bertz CT molecular complexity index is 397. The second-order valence-electron chi connectivity index (χ2n) is 8.08. The summed E-state index contributed by atoms with van der Waals surface area (Å²) in [5, 5.41) is 5.70. The summed E-state index contributed by atoms with van der Waals surface area (Å²) < 4.78 is 5.23. The molecule has 0 aromatic rings. The van der Waals surface area contributed by atoms with Gasteiger partial charge in [0, 0.05) is 6.04 Å². The summed E-state index contributed by atoms with van der Waals surface area (Å²) in [5.41, 5.74) is -0.397. The maximum Gasteiger partial charge on any atom is 0.408 e. The first kappa shape index (κ1) is 17.8. The highest BCUT2D eigenvalue weighted by Crippen LogP contribution is 2.44. The summed E-state index contributed by atoms with van der Waals surface area (Å²) in [6.45, 7) is 13.7. The van der Waals surface area contributed by atoms with Gasteiger partial charge >= 0.3 is 6.09 Å². The van der Waals surface area contributed by atoms with Gasteiger partial charge in [0.05, 0.1) is 0 Å². The molecule has 2 unspecified atom stereocenters. The highest BCUT2D eigenvalue weighted by atomic mass is 16.6. The lowest BCUT2D eigenvalue weighted by Gasteiger charge is -2.24. The smallest absolute Gasteiger partial charge is 0.408 e. The first-order valence-electron chi connectivity index (χ1n) is 7.70. The van der Waals surface area contributed by atoms with Crippen molar-refractivity contribution >= 4 is 12.0 Å². The molecule has 2 amide bonds. The maximum absolute atomic E-state index is 12.3. The Hall–Kier alpha value is -1.26. The highest BCUT2D eigenvalue weighted by Gasteiger charge is 2.47. The molecule has 0 saturated heterocycles. The van der Waals surface area contributed by atoms with Crippen molar-refractivity contribution in [3.05, 3.63) is 0 Å².